The Balaban J connectivity index is 1.27. The van der Waals surface area contributed by atoms with E-state index in [1.165, 1.54) is 5.56 Å². The highest BCUT2D eigenvalue weighted by atomic mass is 79.9. The molecule has 2 amide bonds. The first kappa shape index (κ1) is 20.0. The summed E-state index contributed by atoms with van der Waals surface area (Å²) in [6.45, 7) is 4.70. The highest BCUT2D eigenvalue weighted by Crippen LogP contribution is 2.27. The van der Waals surface area contributed by atoms with Crippen molar-refractivity contribution in [1.82, 2.24) is 14.8 Å². The van der Waals surface area contributed by atoms with Gasteiger partial charge in [0.25, 0.3) is 0 Å². The number of aromatic nitrogens is 1. The molecule has 0 radical (unpaired) electrons. The number of pyridine rings is 1. The minimum Gasteiger partial charge on any atom is -0.340 e. The standard InChI is InChI=1S/C22H25BrN4O2/c23-19-1-3-20(4-2-19)27-16-18(15-21(27)28)22(29)26-13-11-25(12-14-26)10-7-17-5-8-24-9-6-17/h1-6,8-9,18H,7,10-16H2/t18-/m0/s1. The van der Waals surface area contributed by atoms with Gasteiger partial charge in [0, 0.05) is 68.2 Å². The molecule has 1 aromatic carbocycles. The summed E-state index contributed by atoms with van der Waals surface area (Å²) in [4.78, 5) is 35.6. The maximum Gasteiger partial charge on any atom is 0.228 e. The number of rotatable bonds is 5. The van der Waals surface area contributed by atoms with Crippen LogP contribution in [0.1, 0.15) is 12.0 Å². The van der Waals surface area contributed by atoms with Crippen molar-refractivity contribution in [2.24, 2.45) is 5.92 Å². The predicted molar refractivity (Wildman–Crippen MR) is 116 cm³/mol. The van der Waals surface area contributed by atoms with Crippen molar-refractivity contribution in [3.63, 3.8) is 0 Å². The van der Waals surface area contributed by atoms with Gasteiger partial charge in [-0.1, -0.05) is 15.9 Å². The molecule has 3 heterocycles. The van der Waals surface area contributed by atoms with Crippen LogP contribution in [0.25, 0.3) is 0 Å². The molecule has 6 nitrogen and oxygen atoms in total. The molecule has 0 spiro atoms. The van der Waals surface area contributed by atoms with E-state index in [1.807, 2.05) is 53.7 Å². The number of carbonyl (C=O) groups excluding carboxylic acids is 2. The van der Waals surface area contributed by atoms with E-state index in [2.05, 4.69) is 25.8 Å². The Labute approximate surface area is 179 Å². The van der Waals surface area contributed by atoms with Crippen LogP contribution in [0.4, 0.5) is 5.69 Å². The van der Waals surface area contributed by atoms with E-state index in [-0.39, 0.29) is 17.7 Å². The van der Waals surface area contributed by atoms with Crippen LogP contribution in [-0.4, -0.2) is 65.9 Å². The van der Waals surface area contributed by atoms with Gasteiger partial charge >= 0.3 is 0 Å². The minimum atomic E-state index is -0.241. The van der Waals surface area contributed by atoms with Crippen molar-refractivity contribution in [3.05, 3.63) is 58.8 Å². The zero-order valence-corrected chi connectivity index (χ0v) is 17.9. The summed E-state index contributed by atoms with van der Waals surface area (Å²) in [5, 5.41) is 0. The second-order valence-electron chi connectivity index (χ2n) is 7.65. The van der Waals surface area contributed by atoms with Crippen LogP contribution in [0.2, 0.25) is 0 Å². The number of amides is 2. The highest BCUT2D eigenvalue weighted by Gasteiger charge is 2.37. The average molecular weight is 457 g/mol. The Morgan fingerprint density at radius 2 is 1.72 bits per heavy atom. The van der Waals surface area contributed by atoms with Crippen LogP contribution < -0.4 is 4.90 Å². The van der Waals surface area contributed by atoms with Gasteiger partial charge in [0.1, 0.15) is 0 Å². The molecule has 0 bridgehead atoms. The Morgan fingerprint density at radius 1 is 1.03 bits per heavy atom. The van der Waals surface area contributed by atoms with Gasteiger partial charge in [-0.15, -0.1) is 0 Å². The lowest BCUT2D eigenvalue weighted by Gasteiger charge is -2.35. The van der Waals surface area contributed by atoms with Gasteiger partial charge in [-0.3, -0.25) is 19.5 Å². The Morgan fingerprint density at radius 3 is 2.41 bits per heavy atom. The minimum absolute atomic E-state index is 0.0293. The molecular weight excluding hydrogens is 432 g/mol. The topological polar surface area (TPSA) is 56.8 Å². The van der Waals surface area contributed by atoms with Crippen LogP contribution in [-0.2, 0) is 16.0 Å². The molecule has 152 valence electrons. The second kappa shape index (κ2) is 9.05. The van der Waals surface area contributed by atoms with Gasteiger partial charge in [0.2, 0.25) is 11.8 Å². The summed E-state index contributed by atoms with van der Waals surface area (Å²) in [5.74, 6) is -0.0945. The first-order chi connectivity index (χ1) is 14.1. The van der Waals surface area contributed by atoms with E-state index in [9.17, 15) is 9.59 Å². The molecule has 4 rings (SSSR count). The van der Waals surface area contributed by atoms with E-state index in [1.54, 1.807) is 4.90 Å². The fraction of sp³-hybridized carbons (Fsp3) is 0.409. The SMILES string of the molecule is O=C([C@H]1CC(=O)N(c2ccc(Br)cc2)C1)N1CCN(CCc2ccncc2)CC1. The maximum atomic E-state index is 13.0. The summed E-state index contributed by atoms with van der Waals surface area (Å²) in [6, 6.07) is 11.8. The quantitative estimate of drug-likeness (QED) is 0.693. The molecule has 2 aromatic rings. The van der Waals surface area contributed by atoms with Gasteiger partial charge < -0.3 is 9.80 Å². The summed E-state index contributed by atoms with van der Waals surface area (Å²) >= 11 is 3.41. The average Bonchev–Trinajstić information content (AvgIpc) is 3.15. The molecule has 1 atom stereocenters. The first-order valence-electron chi connectivity index (χ1n) is 10.1. The van der Waals surface area contributed by atoms with Gasteiger partial charge in [-0.25, -0.2) is 0 Å². The zero-order chi connectivity index (χ0) is 20.2. The smallest absolute Gasteiger partial charge is 0.228 e. The van der Waals surface area contributed by atoms with Crippen molar-refractivity contribution < 1.29 is 9.59 Å². The van der Waals surface area contributed by atoms with Crippen molar-refractivity contribution in [3.8, 4) is 0 Å². The third-order valence-corrected chi connectivity index (χ3v) is 6.29. The number of carbonyl (C=O) groups is 2. The molecule has 0 unspecified atom stereocenters. The third-order valence-electron chi connectivity index (χ3n) is 5.76. The van der Waals surface area contributed by atoms with Gasteiger partial charge in [0.15, 0.2) is 0 Å². The largest absolute Gasteiger partial charge is 0.340 e. The van der Waals surface area contributed by atoms with E-state index in [0.717, 1.165) is 49.3 Å². The van der Waals surface area contributed by atoms with E-state index >= 15 is 0 Å². The molecule has 2 fully saturated rings. The van der Waals surface area contributed by atoms with Crippen LogP contribution in [0.15, 0.2) is 53.3 Å². The summed E-state index contributed by atoms with van der Waals surface area (Å²) < 4.78 is 0.974. The lowest BCUT2D eigenvalue weighted by atomic mass is 10.1. The fourth-order valence-electron chi connectivity index (χ4n) is 4.03. The van der Waals surface area contributed by atoms with Crippen LogP contribution in [0.3, 0.4) is 0 Å². The van der Waals surface area contributed by atoms with E-state index in [4.69, 9.17) is 0 Å². The predicted octanol–water partition coefficient (Wildman–Crippen LogP) is 2.58. The molecule has 0 aliphatic carbocycles. The molecular formula is C22H25BrN4O2. The Bertz CT molecular complexity index is 851. The van der Waals surface area contributed by atoms with E-state index in [0.29, 0.717) is 13.0 Å². The Hall–Kier alpha value is -2.25. The fourth-order valence-corrected chi connectivity index (χ4v) is 4.29. The monoisotopic (exact) mass is 456 g/mol. The molecule has 2 saturated heterocycles. The number of nitrogens with zero attached hydrogens (tertiary/aromatic N) is 4. The zero-order valence-electron chi connectivity index (χ0n) is 16.3. The summed E-state index contributed by atoms with van der Waals surface area (Å²) in [5.41, 5.74) is 2.14. The van der Waals surface area contributed by atoms with Gasteiger partial charge in [-0.05, 0) is 48.4 Å². The Kier molecular flexibility index (Phi) is 6.25. The third kappa shape index (κ3) is 4.85. The van der Waals surface area contributed by atoms with Crippen molar-refractivity contribution >= 4 is 33.4 Å². The molecule has 0 saturated carbocycles. The number of hydrogen-bond acceptors (Lipinski definition) is 4. The second-order valence-corrected chi connectivity index (χ2v) is 8.57. The maximum absolute atomic E-state index is 13.0. The summed E-state index contributed by atoms with van der Waals surface area (Å²) in [7, 11) is 0. The van der Waals surface area contributed by atoms with Gasteiger partial charge in [0.05, 0.1) is 5.92 Å². The molecule has 0 N–H and O–H groups in total. The molecule has 7 heteroatoms. The number of halogens is 1. The highest BCUT2D eigenvalue weighted by molar-refractivity contribution is 9.10. The first-order valence-corrected chi connectivity index (χ1v) is 10.9. The summed E-state index contributed by atoms with van der Waals surface area (Å²) in [6.07, 6.45) is 4.95. The molecule has 2 aliphatic heterocycles. The van der Waals surface area contributed by atoms with Crippen LogP contribution in [0.5, 0.6) is 0 Å². The lowest BCUT2D eigenvalue weighted by Crippen LogP contribution is -2.51. The van der Waals surface area contributed by atoms with Crippen molar-refractivity contribution in [2.45, 2.75) is 12.8 Å². The van der Waals surface area contributed by atoms with Crippen LogP contribution in [0, 0.1) is 5.92 Å². The van der Waals surface area contributed by atoms with Crippen LogP contribution >= 0.6 is 15.9 Å². The number of hydrogen-bond donors (Lipinski definition) is 0. The number of anilines is 1. The lowest BCUT2D eigenvalue weighted by molar-refractivity contribution is -0.137. The molecule has 29 heavy (non-hydrogen) atoms. The number of benzene rings is 1. The van der Waals surface area contributed by atoms with Gasteiger partial charge in [-0.2, -0.15) is 0 Å². The van der Waals surface area contributed by atoms with E-state index < -0.39 is 0 Å². The van der Waals surface area contributed by atoms with Crippen molar-refractivity contribution in [1.29, 1.82) is 0 Å². The normalized spacial score (nSPS) is 20.3. The van der Waals surface area contributed by atoms with Crippen molar-refractivity contribution in [2.75, 3.05) is 44.2 Å². The number of piperazine rings is 1. The molecule has 2 aliphatic rings. The molecule has 1 aromatic heterocycles.